The van der Waals surface area contributed by atoms with E-state index in [0.29, 0.717) is 11.4 Å². The van der Waals surface area contributed by atoms with Gasteiger partial charge in [0.1, 0.15) is 11.6 Å². The smallest absolute Gasteiger partial charge is 0.326 e. The van der Waals surface area contributed by atoms with E-state index in [0.717, 1.165) is 30.4 Å². The van der Waals surface area contributed by atoms with Crippen LogP contribution >= 0.6 is 0 Å². The van der Waals surface area contributed by atoms with Crippen LogP contribution in [0.25, 0.3) is 6.08 Å². The predicted molar refractivity (Wildman–Crippen MR) is 99.5 cm³/mol. The number of para-hydroxylation sites is 2. The van der Waals surface area contributed by atoms with E-state index in [-0.39, 0.29) is 18.7 Å². The lowest BCUT2D eigenvalue weighted by atomic mass is 10.2. The molecule has 0 saturated carbocycles. The van der Waals surface area contributed by atoms with Crippen molar-refractivity contribution in [2.24, 2.45) is 0 Å². The van der Waals surface area contributed by atoms with Crippen molar-refractivity contribution >= 4 is 33.6 Å². The van der Waals surface area contributed by atoms with Crippen LogP contribution in [-0.2, 0) is 15.0 Å². The number of nitrogens with one attached hydrogen (secondary N) is 1. The van der Waals surface area contributed by atoms with Gasteiger partial charge in [-0.2, -0.15) is 8.42 Å². The fraction of sp³-hybridized carbons (Fsp3) is 0.167. The monoisotopic (exact) mass is 393 g/mol. The van der Waals surface area contributed by atoms with Gasteiger partial charge in [0.15, 0.2) is 0 Å². The molecule has 2 aromatic carbocycles. The Morgan fingerprint density at radius 2 is 1.85 bits per heavy atom. The van der Waals surface area contributed by atoms with Gasteiger partial charge in [-0.05, 0) is 36.4 Å². The first-order valence-electron chi connectivity index (χ1n) is 8.07. The van der Waals surface area contributed by atoms with Crippen molar-refractivity contribution < 1.29 is 22.0 Å². The molecule has 0 unspecified atom stereocenters. The molecule has 3 rings (SSSR count). The minimum atomic E-state index is -3.68. The summed E-state index contributed by atoms with van der Waals surface area (Å²) in [4.78, 5) is 11.9. The van der Waals surface area contributed by atoms with E-state index in [1.165, 1.54) is 15.7 Å². The van der Waals surface area contributed by atoms with Crippen molar-refractivity contribution in [3.8, 4) is 0 Å². The third-order valence-electron chi connectivity index (χ3n) is 4.10. The van der Waals surface area contributed by atoms with Crippen LogP contribution in [-0.4, -0.2) is 34.5 Å². The molecule has 1 amide bonds. The van der Waals surface area contributed by atoms with Crippen molar-refractivity contribution in [1.29, 1.82) is 0 Å². The molecule has 1 aliphatic rings. The average Bonchev–Trinajstić information content (AvgIpc) is 2.83. The predicted octanol–water partition coefficient (Wildman–Crippen LogP) is 2.30. The Morgan fingerprint density at radius 3 is 2.59 bits per heavy atom. The lowest BCUT2D eigenvalue weighted by molar-refractivity contribution is -0.116. The normalized spacial score (nSPS) is 15.2. The molecule has 0 aromatic heterocycles. The number of carbonyl (C=O) groups excluding carboxylic acids is 1. The number of anilines is 2. The molecular formula is C18H17F2N3O3S. The Hall–Kier alpha value is -2.94. The number of nitrogens with zero attached hydrogens (tertiary/aromatic N) is 2. The number of fused-ring (bicyclic) bond motifs is 1. The zero-order valence-electron chi connectivity index (χ0n) is 14.4. The summed E-state index contributed by atoms with van der Waals surface area (Å²) in [6.45, 7) is 0.0911. The molecule has 1 aliphatic heterocycles. The van der Waals surface area contributed by atoms with Gasteiger partial charge in [0, 0.05) is 25.2 Å². The SMILES string of the molecule is CN1c2ccccc2N(CCNC(=O)C=Cc2cc(F)ccc2F)S1(=O)=O. The summed E-state index contributed by atoms with van der Waals surface area (Å²) < 4.78 is 53.9. The summed E-state index contributed by atoms with van der Waals surface area (Å²) >= 11 is 0. The van der Waals surface area contributed by atoms with Crippen LogP contribution in [0.3, 0.4) is 0 Å². The number of carbonyl (C=O) groups is 1. The summed E-state index contributed by atoms with van der Waals surface area (Å²) in [6.07, 6.45) is 2.22. The molecule has 2 aromatic rings. The first-order valence-corrected chi connectivity index (χ1v) is 9.47. The highest BCUT2D eigenvalue weighted by Gasteiger charge is 2.37. The van der Waals surface area contributed by atoms with Gasteiger partial charge in [0.2, 0.25) is 5.91 Å². The van der Waals surface area contributed by atoms with E-state index in [9.17, 15) is 22.0 Å². The molecule has 0 bridgehead atoms. The maximum absolute atomic E-state index is 13.5. The number of amides is 1. The third-order valence-corrected chi connectivity index (χ3v) is 5.93. The Bertz CT molecular complexity index is 1010. The number of hydrogen-bond donors (Lipinski definition) is 1. The summed E-state index contributed by atoms with van der Waals surface area (Å²) in [5, 5.41) is 2.53. The number of halogens is 2. The van der Waals surface area contributed by atoms with E-state index >= 15 is 0 Å². The van der Waals surface area contributed by atoms with E-state index in [1.807, 2.05) is 0 Å². The van der Waals surface area contributed by atoms with Crippen LogP contribution in [0.4, 0.5) is 20.2 Å². The van der Waals surface area contributed by atoms with Gasteiger partial charge in [-0.15, -0.1) is 0 Å². The van der Waals surface area contributed by atoms with Crippen molar-refractivity contribution in [3.63, 3.8) is 0 Å². The van der Waals surface area contributed by atoms with Gasteiger partial charge in [-0.3, -0.25) is 9.10 Å². The van der Waals surface area contributed by atoms with E-state index in [1.54, 1.807) is 24.3 Å². The lowest BCUT2D eigenvalue weighted by Gasteiger charge is -2.19. The Labute approximate surface area is 155 Å². The molecule has 0 saturated heterocycles. The molecule has 27 heavy (non-hydrogen) atoms. The third kappa shape index (κ3) is 3.77. The fourth-order valence-electron chi connectivity index (χ4n) is 2.72. The van der Waals surface area contributed by atoms with Crippen LogP contribution in [0.2, 0.25) is 0 Å². The van der Waals surface area contributed by atoms with Crippen LogP contribution in [0.5, 0.6) is 0 Å². The van der Waals surface area contributed by atoms with Crippen LogP contribution in [0.15, 0.2) is 48.5 Å². The van der Waals surface area contributed by atoms with E-state index in [2.05, 4.69) is 5.32 Å². The van der Waals surface area contributed by atoms with E-state index < -0.39 is 27.8 Å². The highest BCUT2D eigenvalue weighted by Crippen LogP contribution is 2.38. The minimum Gasteiger partial charge on any atom is -0.351 e. The second-order valence-corrected chi connectivity index (χ2v) is 7.71. The summed E-state index contributed by atoms with van der Waals surface area (Å²) in [6, 6.07) is 9.79. The molecule has 1 N–H and O–H groups in total. The lowest BCUT2D eigenvalue weighted by Crippen LogP contribution is -2.40. The molecular weight excluding hydrogens is 376 g/mol. The van der Waals surface area contributed by atoms with E-state index in [4.69, 9.17) is 0 Å². The molecule has 0 aliphatic carbocycles. The highest BCUT2D eigenvalue weighted by molar-refractivity contribution is 7.94. The molecule has 0 radical (unpaired) electrons. The van der Waals surface area contributed by atoms with Gasteiger partial charge in [0.05, 0.1) is 17.9 Å². The standard InChI is InChI=1S/C18H17F2N3O3S/c1-22-16-4-2-3-5-17(16)23(27(22,25)26)11-10-21-18(24)9-6-13-12-14(19)7-8-15(13)20/h2-9,12H,10-11H2,1H3,(H,21,24). The molecule has 0 spiro atoms. The highest BCUT2D eigenvalue weighted by atomic mass is 32.2. The molecule has 6 nitrogen and oxygen atoms in total. The van der Waals surface area contributed by atoms with Gasteiger partial charge in [-0.25, -0.2) is 13.1 Å². The van der Waals surface area contributed by atoms with Crippen LogP contribution in [0, 0.1) is 11.6 Å². The van der Waals surface area contributed by atoms with Crippen molar-refractivity contribution in [2.45, 2.75) is 0 Å². The molecule has 1 heterocycles. The summed E-state index contributed by atoms with van der Waals surface area (Å²) in [5.74, 6) is -1.81. The quantitative estimate of drug-likeness (QED) is 0.793. The first kappa shape index (κ1) is 18.8. The molecule has 9 heteroatoms. The first-order chi connectivity index (χ1) is 12.8. The summed E-state index contributed by atoms with van der Waals surface area (Å²) in [7, 11) is -2.22. The van der Waals surface area contributed by atoms with Crippen molar-refractivity contribution in [3.05, 3.63) is 65.7 Å². The second-order valence-electron chi connectivity index (χ2n) is 5.83. The largest absolute Gasteiger partial charge is 0.351 e. The number of benzene rings is 2. The van der Waals surface area contributed by atoms with Crippen LogP contribution < -0.4 is 13.9 Å². The van der Waals surface area contributed by atoms with Crippen LogP contribution in [0.1, 0.15) is 5.56 Å². The molecule has 0 fully saturated rings. The molecule has 0 atom stereocenters. The number of rotatable bonds is 5. The summed E-state index contributed by atoms with van der Waals surface area (Å²) in [5.41, 5.74) is 1.04. The van der Waals surface area contributed by atoms with Crippen molar-refractivity contribution in [2.75, 3.05) is 28.7 Å². The van der Waals surface area contributed by atoms with Gasteiger partial charge in [0.25, 0.3) is 0 Å². The maximum atomic E-state index is 13.5. The molecule has 142 valence electrons. The fourth-order valence-corrected chi connectivity index (χ4v) is 4.14. The zero-order valence-corrected chi connectivity index (χ0v) is 15.2. The maximum Gasteiger partial charge on any atom is 0.326 e. The minimum absolute atomic E-state index is 0.0393. The van der Waals surface area contributed by atoms with Gasteiger partial charge >= 0.3 is 10.2 Å². The topological polar surface area (TPSA) is 69.7 Å². The average molecular weight is 393 g/mol. The van der Waals surface area contributed by atoms with Gasteiger partial charge in [-0.1, -0.05) is 12.1 Å². The van der Waals surface area contributed by atoms with Gasteiger partial charge < -0.3 is 5.32 Å². The van der Waals surface area contributed by atoms with Crippen molar-refractivity contribution in [1.82, 2.24) is 5.32 Å². The zero-order chi connectivity index (χ0) is 19.6. The second kappa shape index (κ2) is 7.36. The Morgan fingerprint density at radius 1 is 1.15 bits per heavy atom. The Kier molecular flexibility index (Phi) is 5.13. The number of hydrogen-bond acceptors (Lipinski definition) is 3. The Balaban J connectivity index is 1.62.